The van der Waals surface area contributed by atoms with Gasteiger partial charge in [0.15, 0.2) is 6.61 Å². The predicted molar refractivity (Wildman–Crippen MR) is 99.1 cm³/mol. The van der Waals surface area contributed by atoms with Crippen molar-refractivity contribution in [3.05, 3.63) is 30.3 Å². The number of ether oxygens (including phenoxy) is 2. The Labute approximate surface area is 159 Å². The number of hydrogen-bond donors (Lipinski definition) is 2. The Kier molecular flexibility index (Phi) is 8.57. The van der Waals surface area contributed by atoms with Gasteiger partial charge in [0.05, 0.1) is 6.61 Å². The molecule has 0 unspecified atom stereocenters. The molecule has 148 valence electrons. The van der Waals surface area contributed by atoms with Crippen molar-refractivity contribution in [3.63, 3.8) is 0 Å². The van der Waals surface area contributed by atoms with Crippen LogP contribution < -0.4 is 15.4 Å². The van der Waals surface area contributed by atoms with Crippen molar-refractivity contribution in [2.24, 2.45) is 5.92 Å². The first-order valence-electron chi connectivity index (χ1n) is 9.10. The molecule has 1 aliphatic heterocycles. The van der Waals surface area contributed by atoms with Gasteiger partial charge in [-0.2, -0.15) is 0 Å². The zero-order valence-electron chi connectivity index (χ0n) is 15.6. The average Bonchev–Trinajstić information content (AvgIpc) is 2.71. The number of amides is 3. The van der Waals surface area contributed by atoms with Gasteiger partial charge in [0.2, 0.25) is 0 Å². The fourth-order valence-electron chi connectivity index (χ4n) is 2.80. The number of nitrogens with one attached hydrogen (secondary N) is 2. The normalized spacial score (nSPS) is 14.5. The van der Waals surface area contributed by atoms with Crippen LogP contribution in [0.3, 0.4) is 0 Å². The van der Waals surface area contributed by atoms with E-state index in [0.29, 0.717) is 38.5 Å². The van der Waals surface area contributed by atoms with Crippen LogP contribution in [0.15, 0.2) is 30.3 Å². The molecule has 1 aliphatic rings. The molecular formula is C19H27N3O5. The maximum atomic E-state index is 12.2. The van der Waals surface area contributed by atoms with Crippen LogP contribution in [-0.2, 0) is 19.1 Å². The Morgan fingerprint density at radius 3 is 2.41 bits per heavy atom. The second-order valence-electron chi connectivity index (χ2n) is 6.38. The van der Waals surface area contributed by atoms with Crippen LogP contribution in [0.1, 0.15) is 12.8 Å². The second-order valence-corrected chi connectivity index (χ2v) is 6.38. The molecule has 8 nitrogen and oxygen atoms in total. The Morgan fingerprint density at radius 1 is 1.07 bits per heavy atom. The van der Waals surface area contributed by atoms with Crippen molar-refractivity contribution >= 4 is 17.7 Å². The Morgan fingerprint density at radius 2 is 1.74 bits per heavy atom. The highest BCUT2D eigenvalue weighted by Crippen LogP contribution is 2.17. The highest BCUT2D eigenvalue weighted by Gasteiger charge is 2.24. The van der Waals surface area contributed by atoms with E-state index in [2.05, 4.69) is 10.6 Å². The van der Waals surface area contributed by atoms with Crippen molar-refractivity contribution in [2.75, 3.05) is 46.5 Å². The number of rotatable bonds is 8. The number of hydrogen-bond acceptors (Lipinski definition) is 5. The maximum absolute atomic E-state index is 12.2. The first kappa shape index (κ1) is 20.7. The maximum Gasteiger partial charge on any atom is 0.309 e. The lowest BCUT2D eigenvalue weighted by molar-refractivity contribution is -0.139. The summed E-state index contributed by atoms with van der Waals surface area (Å²) >= 11 is 0. The monoisotopic (exact) mass is 377 g/mol. The minimum atomic E-state index is -0.655. The van der Waals surface area contributed by atoms with E-state index in [0.717, 1.165) is 12.8 Å². The summed E-state index contributed by atoms with van der Waals surface area (Å²) in [7, 11) is 1.52. The van der Waals surface area contributed by atoms with Crippen LogP contribution in [-0.4, -0.2) is 69.1 Å². The van der Waals surface area contributed by atoms with E-state index in [-0.39, 0.29) is 18.4 Å². The molecule has 0 bridgehead atoms. The number of carbonyl (C=O) groups excluding carboxylic acids is 3. The summed E-state index contributed by atoms with van der Waals surface area (Å²) in [5.41, 5.74) is 0. The number of methoxy groups -OCH3 is 1. The van der Waals surface area contributed by atoms with E-state index < -0.39 is 11.8 Å². The zero-order valence-corrected chi connectivity index (χ0v) is 15.6. The quantitative estimate of drug-likeness (QED) is 0.498. The molecule has 0 aromatic heterocycles. The molecule has 1 aromatic rings. The van der Waals surface area contributed by atoms with Crippen LogP contribution in [0.4, 0.5) is 0 Å². The molecule has 27 heavy (non-hydrogen) atoms. The van der Waals surface area contributed by atoms with Gasteiger partial charge in [-0.1, -0.05) is 18.2 Å². The van der Waals surface area contributed by atoms with Gasteiger partial charge in [0, 0.05) is 33.3 Å². The van der Waals surface area contributed by atoms with Crippen LogP contribution in [0.5, 0.6) is 5.75 Å². The van der Waals surface area contributed by atoms with Gasteiger partial charge in [0.1, 0.15) is 5.75 Å². The molecule has 0 radical (unpaired) electrons. The SMILES string of the molecule is COCCNC(=O)C(=O)NCC1CCN(C(=O)COc2ccccc2)CC1. The van der Waals surface area contributed by atoms with Gasteiger partial charge in [-0.05, 0) is 30.9 Å². The van der Waals surface area contributed by atoms with Crippen molar-refractivity contribution in [2.45, 2.75) is 12.8 Å². The van der Waals surface area contributed by atoms with E-state index in [1.54, 1.807) is 4.90 Å². The first-order chi connectivity index (χ1) is 13.1. The summed E-state index contributed by atoms with van der Waals surface area (Å²) < 4.78 is 10.3. The third-order valence-electron chi connectivity index (χ3n) is 4.42. The number of para-hydroxylation sites is 1. The standard InChI is InChI=1S/C19H27N3O5/c1-26-12-9-20-18(24)19(25)21-13-15-7-10-22(11-8-15)17(23)14-27-16-5-3-2-4-6-16/h2-6,15H,7-14H2,1H3,(H,20,24)(H,21,25). The Hall–Kier alpha value is -2.61. The highest BCUT2D eigenvalue weighted by molar-refractivity contribution is 6.35. The van der Waals surface area contributed by atoms with Crippen molar-refractivity contribution in [3.8, 4) is 5.75 Å². The molecule has 2 N–H and O–H groups in total. The van der Waals surface area contributed by atoms with E-state index in [1.165, 1.54) is 7.11 Å². The lowest BCUT2D eigenvalue weighted by Crippen LogP contribution is -2.46. The van der Waals surface area contributed by atoms with Gasteiger partial charge in [-0.15, -0.1) is 0 Å². The minimum Gasteiger partial charge on any atom is -0.484 e. The third kappa shape index (κ3) is 7.26. The lowest BCUT2D eigenvalue weighted by atomic mass is 9.97. The summed E-state index contributed by atoms with van der Waals surface area (Å²) in [5.74, 6) is -0.413. The Balaban J connectivity index is 1.62. The number of carbonyl (C=O) groups is 3. The molecule has 1 fully saturated rings. The molecule has 0 atom stereocenters. The van der Waals surface area contributed by atoms with E-state index in [4.69, 9.17) is 9.47 Å². The zero-order chi connectivity index (χ0) is 19.5. The smallest absolute Gasteiger partial charge is 0.309 e. The van der Waals surface area contributed by atoms with Crippen LogP contribution in [0.2, 0.25) is 0 Å². The van der Waals surface area contributed by atoms with Crippen LogP contribution >= 0.6 is 0 Å². The molecule has 8 heteroatoms. The number of benzene rings is 1. The Bertz CT molecular complexity index is 615. The van der Waals surface area contributed by atoms with Gasteiger partial charge >= 0.3 is 11.8 Å². The van der Waals surface area contributed by atoms with Crippen molar-refractivity contribution in [1.82, 2.24) is 15.5 Å². The van der Waals surface area contributed by atoms with Crippen molar-refractivity contribution in [1.29, 1.82) is 0 Å². The first-order valence-corrected chi connectivity index (χ1v) is 9.10. The molecule has 1 heterocycles. The molecule has 0 saturated carbocycles. The number of likely N-dealkylation sites (tertiary alicyclic amines) is 1. The highest BCUT2D eigenvalue weighted by atomic mass is 16.5. The summed E-state index contributed by atoms with van der Waals surface area (Å²) in [4.78, 5) is 37.3. The van der Waals surface area contributed by atoms with Gasteiger partial charge in [0.25, 0.3) is 5.91 Å². The van der Waals surface area contributed by atoms with E-state index in [1.807, 2.05) is 30.3 Å². The molecule has 3 amide bonds. The van der Waals surface area contributed by atoms with E-state index >= 15 is 0 Å². The molecule has 1 aromatic carbocycles. The van der Waals surface area contributed by atoms with Crippen molar-refractivity contribution < 1.29 is 23.9 Å². The topological polar surface area (TPSA) is 97.0 Å². The second kappa shape index (κ2) is 11.2. The summed E-state index contributed by atoms with van der Waals surface area (Å²) in [6.45, 7) is 2.36. The average molecular weight is 377 g/mol. The molecular weight excluding hydrogens is 350 g/mol. The largest absolute Gasteiger partial charge is 0.484 e. The van der Waals surface area contributed by atoms with Gasteiger partial charge in [-0.3, -0.25) is 14.4 Å². The summed E-state index contributed by atoms with van der Waals surface area (Å²) in [5, 5.41) is 5.13. The molecule has 0 spiro atoms. The molecule has 0 aliphatic carbocycles. The van der Waals surface area contributed by atoms with Gasteiger partial charge in [-0.25, -0.2) is 0 Å². The fourth-order valence-corrected chi connectivity index (χ4v) is 2.80. The summed E-state index contributed by atoms with van der Waals surface area (Å²) in [6.07, 6.45) is 1.56. The third-order valence-corrected chi connectivity index (χ3v) is 4.42. The van der Waals surface area contributed by atoms with E-state index in [9.17, 15) is 14.4 Å². The van der Waals surface area contributed by atoms with Crippen LogP contribution in [0, 0.1) is 5.92 Å². The predicted octanol–water partition coefficient (Wildman–Crippen LogP) is 0.183. The molecule has 2 rings (SSSR count). The molecule has 1 saturated heterocycles. The lowest BCUT2D eigenvalue weighted by Gasteiger charge is -2.32. The van der Waals surface area contributed by atoms with Crippen LogP contribution in [0.25, 0.3) is 0 Å². The summed E-state index contributed by atoms with van der Waals surface area (Å²) in [6, 6.07) is 9.23. The fraction of sp³-hybridized carbons (Fsp3) is 0.526. The number of piperidine rings is 1. The van der Waals surface area contributed by atoms with Gasteiger partial charge < -0.3 is 25.0 Å². The number of nitrogens with zero attached hydrogens (tertiary/aromatic N) is 1. The minimum absolute atomic E-state index is 0.0209.